The second-order valence-corrected chi connectivity index (χ2v) is 6.41. The predicted molar refractivity (Wildman–Crippen MR) is 101 cm³/mol. The summed E-state index contributed by atoms with van der Waals surface area (Å²) in [6, 6.07) is 9.97. The number of benzene rings is 1. The molecule has 0 aliphatic carbocycles. The summed E-state index contributed by atoms with van der Waals surface area (Å²) in [5.74, 6) is 0.711. The van der Waals surface area contributed by atoms with E-state index in [0.717, 1.165) is 0 Å². The number of amides is 1. The molecular formula is C18H18ClN5O2. The van der Waals surface area contributed by atoms with E-state index in [1.165, 1.54) is 6.20 Å². The number of H-pyrrole nitrogens is 1. The summed E-state index contributed by atoms with van der Waals surface area (Å²) >= 11 is 5.79. The van der Waals surface area contributed by atoms with Gasteiger partial charge < -0.3 is 10.3 Å². The molecule has 0 fully saturated rings. The summed E-state index contributed by atoms with van der Waals surface area (Å²) in [5.41, 5.74) is 0.434. The number of carbonyl (C=O) groups excluding carboxylic acids is 1. The van der Waals surface area contributed by atoms with Crippen molar-refractivity contribution < 1.29 is 4.79 Å². The Kier molecular flexibility index (Phi) is 5.29. The molecule has 1 aromatic carbocycles. The van der Waals surface area contributed by atoms with Crippen molar-refractivity contribution in [3.8, 4) is 0 Å². The Morgan fingerprint density at radius 1 is 1.31 bits per heavy atom. The number of fused-ring (bicyclic) bond motifs is 1. The summed E-state index contributed by atoms with van der Waals surface area (Å²) in [4.78, 5) is 37.6. The van der Waals surface area contributed by atoms with Crippen molar-refractivity contribution in [1.82, 2.24) is 19.9 Å². The van der Waals surface area contributed by atoms with E-state index >= 15 is 0 Å². The fourth-order valence-electron chi connectivity index (χ4n) is 2.46. The van der Waals surface area contributed by atoms with Crippen LogP contribution in [-0.4, -0.2) is 38.8 Å². The summed E-state index contributed by atoms with van der Waals surface area (Å²) in [6.07, 6.45) is 1.47. The Balaban J connectivity index is 1.70. The molecule has 0 aliphatic heterocycles. The van der Waals surface area contributed by atoms with Crippen molar-refractivity contribution in [1.29, 1.82) is 0 Å². The van der Waals surface area contributed by atoms with E-state index in [1.807, 2.05) is 6.07 Å². The number of aromatic nitrogens is 3. The number of likely N-dealkylation sites (N-methyl/N-ethyl adjacent to an activating group) is 1. The molecule has 0 saturated carbocycles. The van der Waals surface area contributed by atoms with Crippen LogP contribution in [0.4, 0.5) is 5.82 Å². The van der Waals surface area contributed by atoms with Crippen molar-refractivity contribution in [3.63, 3.8) is 0 Å². The molecule has 0 bridgehead atoms. The van der Waals surface area contributed by atoms with Gasteiger partial charge >= 0.3 is 0 Å². The quantitative estimate of drug-likeness (QED) is 0.718. The third-order valence-corrected chi connectivity index (χ3v) is 4.30. The zero-order valence-corrected chi connectivity index (χ0v) is 15.1. The molecule has 0 unspecified atom stereocenters. The predicted octanol–water partition coefficient (Wildman–Crippen LogP) is 2.43. The van der Waals surface area contributed by atoms with Crippen molar-refractivity contribution in [2.24, 2.45) is 0 Å². The highest BCUT2D eigenvalue weighted by Crippen LogP contribution is 2.11. The molecule has 2 aromatic heterocycles. The van der Waals surface area contributed by atoms with E-state index in [0.29, 0.717) is 34.1 Å². The number of nitrogens with zero attached hydrogens (tertiary/aromatic N) is 3. The molecule has 2 heterocycles. The molecule has 1 atom stereocenters. The van der Waals surface area contributed by atoms with E-state index in [4.69, 9.17) is 11.6 Å². The van der Waals surface area contributed by atoms with Crippen molar-refractivity contribution in [2.75, 3.05) is 12.4 Å². The van der Waals surface area contributed by atoms with E-state index < -0.39 is 6.04 Å². The third-order valence-electron chi connectivity index (χ3n) is 4.08. The van der Waals surface area contributed by atoms with Crippen molar-refractivity contribution in [2.45, 2.75) is 19.5 Å². The lowest BCUT2D eigenvalue weighted by Crippen LogP contribution is -2.39. The number of anilines is 1. The van der Waals surface area contributed by atoms with Gasteiger partial charge in [-0.25, -0.2) is 9.97 Å². The highest BCUT2D eigenvalue weighted by molar-refractivity contribution is 6.30. The van der Waals surface area contributed by atoms with Gasteiger partial charge in [-0.2, -0.15) is 0 Å². The Labute approximate surface area is 155 Å². The van der Waals surface area contributed by atoms with Gasteiger partial charge in [0.2, 0.25) is 5.91 Å². The van der Waals surface area contributed by atoms with Crippen LogP contribution in [0.15, 0.2) is 47.4 Å². The number of pyridine rings is 1. The van der Waals surface area contributed by atoms with Gasteiger partial charge in [0.1, 0.15) is 11.6 Å². The first-order chi connectivity index (χ1) is 12.4. The van der Waals surface area contributed by atoms with Gasteiger partial charge in [-0.1, -0.05) is 23.7 Å². The van der Waals surface area contributed by atoms with Gasteiger partial charge in [0, 0.05) is 6.20 Å². The van der Waals surface area contributed by atoms with Gasteiger partial charge in [0.15, 0.2) is 0 Å². The highest BCUT2D eigenvalue weighted by atomic mass is 35.5. The summed E-state index contributed by atoms with van der Waals surface area (Å²) < 4.78 is 0. The van der Waals surface area contributed by atoms with E-state index in [1.54, 1.807) is 49.2 Å². The normalized spacial score (nSPS) is 12.3. The Morgan fingerprint density at radius 3 is 2.81 bits per heavy atom. The van der Waals surface area contributed by atoms with Gasteiger partial charge in [-0.15, -0.1) is 0 Å². The Bertz CT molecular complexity index is 987. The molecule has 8 heteroatoms. The number of aromatic amines is 1. The highest BCUT2D eigenvalue weighted by Gasteiger charge is 2.19. The zero-order chi connectivity index (χ0) is 18.7. The number of carbonyl (C=O) groups is 1. The van der Waals surface area contributed by atoms with Crippen LogP contribution in [0.3, 0.4) is 0 Å². The Hall–Kier alpha value is -2.77. The van der Waals surface area contributed by atoms with Crippen molar-refractivity contribution in [3.05, 3.63) is 63.8 Å². The van der Waals surface area contributed by atoms with Crippen LogP contribution in [0.1, 0.15) is 12.7 Å². The third kappa shape index (κ3) is 4.07. The molecule has 3 aromatic rings. The van der Waals surface area contributed by atoms with Crippen LogP contribution in [0.2, 0.25) is 5.02 Å². The van der Waals surface area contributed by atoms with E-state index in [2.05, 4.69) is 20.3 Å². The number of halogens is 1. The minimum atomic E-state index is -0.454. The van der Waals surface area contributed by atoms with Crippen LogP contribution in [-0.2, 0) is 11.3 Å². The second kappa shape index (κ2) is 7.63. The molecular weight excluding hydrogens is 354 g/mol. The average molecular weight is 372 g/mol. The molecule has 0 aliphatic rings. The lowest BCUT2D eigenvalue weighted by atomic mass is 10.2. The minimum absolute atomic E-state index is 0.193. The Morgan fingerprint density at radius 2 is 2.08 bits per heavy atom. The van der Waals surface area contributed by atoms with Crippen molar-refractivity contribution >= 4 is 34.2 Å². The van der Waals surface area contributed by atoms with Gasteiger partial charge in [-0.3, -0.25) is 14.5 Å². The molecule has 3 rings (SSSR count). The summed E-state index contributed by atoms with van der Waals surface area (Å²) in [6.45, 7) is 2.09. The molecule has 134 valence electrons. The summed E-state index contributed by atoms with van der Waals surface area (Å²) in [7, 11) is 1.79. The maximum Gasteiger partial charge on any atom is 0.258 e. The number of nitrogens with one attached hydrogen (secondary N) is 2. The molecule has 0 spiro atoms. The number of rotatable bonds is 5. The van der Waals surface area contributed by atoms with Gasteiger partial charge in [-0.05, 0) is 38.2 Å². The van der Waals surface area contributed by atoms with Crippen LogP contribution >= 0.6 is 11.6 Å². The second-order valence-electron chi connectivity index (χ2n) is 5.97. The zero-order valence-electron chi connectivity index (χ0n) is 14.4. The average Bonchev–Trinajstić information content (AvgIpc) is 2.63. The molecule has 0 radical (unpaired) electrons. The first-order valence-electron chi connectivity index (χ1n) is 8.04. The smallest absolute Gasteiger partial charge is 0.258 e. The maximum atomic E-state index is 12.4. The number of para-hydroxylation sites is 1. The lowest BCUT2D eigenvalue weighted by molar-refractivity contribution is -0.120. The fraction of sp³-hybridized carbons (Fsp3) is 0.222. The number of hydrogen-bond donors (Lipinski definition) is 2. The van der Waals surface area contributed by atoms with Crippen LogP contribution in [0.5, 0.6) is 0 Å². The first-order valence-corrected chi connectivity index (χ1v) is 8.42. The van der Waals surface area contributed by atoms with Gasteiger partial charge in [0.05, 0.1) is 28.5 Å². The first kappa shape index (κ1) is 18.0. The molecule has 7 nitrogen and oxygen atoms in total. The largest absolute Gasteiger partial charge is 0.309 e. The molecule has 1 amide bonds. The minimum Gasteiger partial charge on any atom is -0.309 e. The van der Waals surface area contributed by atoms with Gasteiger partial charge in [0.25, 0.3) is 5.56 Å². The monoisotopic (exact) mass is 371 g/mol. The maximum absolute atomic E-state index is 12.4. The van der Waals surface area contributed by atoms with Crippen LogP contribution in [0, 0.1) is 0 Å². The fourth-order valence-corrected chi connectivity index (χ4v) is 2.58. The standard InChI is InChI=1S/C18H18ClN5O2/c1-11(17(25)22-15-8-7-12(19)9-20-15)24(2)10-16-21-14-6-4-3-5-13(14)18(26)23-16/h3-9,11H,10H2,1-2H3,(H,20,22,25)(H,21,23,26)/t11-/m0/s1. The molecule has 2 N–H and O–H groups in total. The van der Waals surface area contributed by atoms with Crippen LogP contribution in [0.25, 0.3) is 10.9 Å². The number of hydrogen-bond acceptors (Lipinski definition) is 5. The molecule has 0 saturated heterocycles. The lowest BCUT2D eigenvalue weighted by Gasteiger charge is -2.23. The van der Waals surface area contributed by atoms with E-state index in [-0.39, 0.29) is 11.5 Å². The topological polar surface area (TPSA) is 91.0 Å². The van der Waals surface area contributed by atoms with E-state index in [9.17, 15) is 9.59 Å². The molecule has 26 heavy (non-hydrogen) atoms. The summed E-state index contributed by atoms with van der Waals surface area (Å²) in [5, 5.41) is 3.77. The SMILES string of the molecule is C[C@@H](C(=O)Nc1ccc(Cl)cn1)N(C)Cc1nc2ccccc2c(=O)[nH]1. The van der Waals surface area contributed by atoms with Crippen LogP contribution < -0.4 is 10.9 Å².